The van der Waals surface area contributed by atoms with Crippen molar-refractivity contribution in [1.82, 2.24) is 14.5 Å². The fourth-order valence-electron chi connectivity index (χ4n) is 4.08. The first-order valence-corrected chi connectivity index (χ1v) is 11.2. The smallest absolute Gasteiger partial charge is 0.317 e. The summed E-state index contributed by atoms with van der Waals surface area (Å²) in [6.07, 6.45) is 0.748. The number of carbonyl (C=O) groups excluding carboxylic acids is 1. The van der Waals surface area contributed by atoms with E-state index in [-0.39, 0.29) is 29.6 Å². The number of likely N-dealkylation sites (tertiary alicyclic amines) is 1. The number of benzene rings is 2. The summed E-state index contributed by atoms with van der Waals surface area (Å²) in [5, 5.41) is 2.65. The first kappa shape index (κ1) is 19.7. The molecule has 29 heavy (non-hydrogen) atoms. The number of ether oxygens (including phenoxy) is 1. The van der Waals surface area contributed by atoms with E-state index in [2.05, 4.69) is 5.32 Å². The van der Waals surface area contributed by atoms with Crippen molar-refractivity contribution in [2.75, 3.05) is 20.1 Å². The maximum absolute atomic E-state index is 13.6. The molecule has 0 saturated carbocycles. The molecule has 2 heterocycles. The van der Waals surface area contributed by atoms with E-state index in [1.165, 1.54) is 0 Å². The van der Waals surface area contributed by atoms with Crippen LogP contribution in [0.1, 0.15) is 18.4 Å². The summed E-state index contributed by atoms with van der Waals surface area (Å²) in [7, 11) is -2.16. The molecule has 0 radical (unpaired) electrons. The summed E-state index contributed by atoms with van der Waals surface area (Å²) in [6.45, 7) is 1.26. The fraction of sp³-hybridized carbons (Fsp3) is 0.381. The molecule has 7 nitrogen and oxygen atoms in total. The number of sulfonamides is 1. The minimum atomic E-state index is -3.76. The van der Waals surface area contributed by atoms with Crippen LogP contribution in [0.4, 0.5) is 4.79 Å². The Morgan fingerprint density at radius 3 is 2.52 bits per heavy atom. The average molecular weight is 416 g/mol. The van der Waals surface area contributed by atoms with Crippen molar-refractivity contribution in [3.05, 3.63) is 60.2 Å². The Morgan fingerprint density at radius 2 is 1.76 bits per heavy atom. The maximum Gasteiger partial charge on any atom is 0.317 e. The summed E-state index contributed by atoms with van der Waals surface area (Å²) in [5.74, 6) is 0.381. The summed E-state index contributed by atoms with van der Waals surface area (Å²) in [6, 6.07) is 15.9. The molecule has 4 rings (SSSR count). The van der Waals surface area contributed by atoms with E-state index >= 15 is 0 Å². The normalized spacial score (nSPS) is 23.7. The van der Waals surface area contributed by atoms with Crippen molar-refractivity contribution >= 4 is 16.1 Å². The molecule has 2 aliphatic rings. The van der Waals surface area contributed by atoms with Gasteiger partial charge in [-0.2, -0.15) is 4.31 Å². The lowest BCUT2D eigenvalue weighted by Gasteiger charge is -2.31. The summed E-state index contributed by atoms with van der Waals surface area (Å²) in [4.78, 5) is 14.1. The third-order valence-corrected chi connectivity index (χ3v) is 7.48. The quantitative estimate of drug-likeness (QED) is 0.817. The first-order valence-electron chi connectivity index (χ1n) is 9.79. The first-order chi connectivity index (χ1) is 14.0. The van der Waals surface area contributed by atoms with Crippen molar-refractivity contribution in [3.63, 3.8) is 0 Å². The predicted octanol–water partition coefficient (Wildman–Crippen LogP) is 2.44. The highest BCUT2D eigenvalue weighted by Gasteiger charge is 2.43. The standard InChI is InChI=1S/C21H25N3O4S/c1-22-21(25)23-13-11-17-18(12-14-23)28-19-9-5-6-10-20(19)29(26,27)24(17)15-16-7-3-2-4-8-16/h2-10,17-18H,11-15H2,1H3,(H,22,25)/t17-,18-/m0/s1. The van der Waals surface area contributed by atoms with Gasteiger partial charge in [-0.15, -0.1) is 0 Å². The molecule has 0 aliphatic carbocycles. The Kier molecular flexibility index (Phi) is 5.47. The molecule has 0 bridgehead atoms. The van der Waals surface area contributed by atoms with Crippen LogP contribution in [0.25, 0.3) is 0 Å². The van der Waals surface area contributed by atoms with Gasteiger partial charge in [0.2, 0.25) is 10.0 Å². The number of para-hydroxylation sites is 1. The topological polar surface area (TPSA) is 79.0 Å². The van der Waals surface area contributed by atoms with Gasteiger partial charge in [0.1, 0.15) is 16.7 Å². The second-order valence-electron chi connectivity index (χ2n) is 7.33. The molecule has 1 N–H and O–H groups in total. The summed E-state index contributed by atoms with van der Waals surface area (Å²) in [5.41, 5.74) is 0.918. The third kappa shape index (κ3) is 3.82. The molecule has 1 fully saturated rings. The zero-order valence-corrected chi connectivity index (χ0v) is 17.1. The molecule has 154 valence electrons. The number of urea groups is 1. The minimum absolute atomic E-state index is 0.153. The van der Waals surface area contributed by atoms with Crippen LogP contribution in [0.15, 0.2) is 59.5 Å². The van der Waals surface area contributed by atoms with Gasteiger partial charge in [0, 0.05) is 33.1 Å². The van der Waals surface area contributed by atoms with Gasteiger partial charge < -0.3 is 15.0 Å². The highest BCUT2D eigenvalue weighted by Crippen LogP contribution is 2.37. The van der Waals surface area contributed by atoms with Crippen LogP contribution in [0.3, 0.4) is 0 Å². The molecule has 2 atom stereocenters. The Balaban J connectivity index is 1.75. The van der Waals surface area contributed by atoms with Crippen LogP contribution >= 0.6 is 0 Å². The number of carbonyl (C=O) groups is 1. The lowest BCUT2D eigenvalue weighted by Crippen LogP contribution is -2.46. The van der Waals surface area contributed by atoms with Crippen molar-refractivity contribution < 1.29 is 17.9 Å². The highest BCUT2D eigenvalue weighted by molar-refractivity contribution is 7.89. The number of fused-ring (bicyclic) bond motifs is 2. The SMILES string of the molecule is CNC(=O)N1CC[C@@H]2Oc3ccccc3S(=O)(=O)N(Cc3ccccc3)[C@H]2CC1. The summed E-state index contributed by atoms with van der Waals surface area (Å²) < 4.78 is 35.0. The van der Waals surface area contributed by atoms with Crippen LogP contribution < -0.4 is 10.1 Å². The van der Waals surface area contributed by atoms with Gasteiger partial charge in [-0.3, -0.25) is 0 Å². The van der Waals surface area contributed by atoms with E-state index < -0.39 is 10.0 Å². The molecule has 2 aromatic carbocycles. The van der Waals surface area contributed by atoms with E-state index in [1.807, 2.05) is 30.3 Å². The van der Waals surface area contributed by atoms with Crippen molar-refractivity contribution in [3.8, 4) is 5.75 Å². The molecule has 1 saturated heterocycles. The lowest BCUT2D eigenvalue weighted by molar-refractivity contribution is 0.110. The number of amides is 2. The maximum atomic E-state index is 13.6. The molecule has 2 aromatic rings. The van der Waals surface area contributed by atoms with Gasteiger partial charge in [-0.1, -0.05) is 42.5 Å². The molecule has 0 unspecified atom stereocenters. The minimum Gasteiger partial charge on any atom is -0.487 e. The van der Waals surface area contributed by atoms with Crippen LogP contribution in [0, 0.1) is 0 Å². The molecular formula is C21H25N3O4S. The molecule has 0 spiro atoms. The lowest BCUT2D eigenvalue weighted by atomic mass is 10.1. The van der Waals surface area contributed by atoms with Crippen LogP contribution in [0.5, 0.6) is 5.75 Å². The number of hydrogen-bond donors (Lipinski definition) is 1. The van der Waals surface area contributed by atoms with Crippen LogP contribution in [-0.2, 0) is 16.6 Å². The Bertz CT molecular complexity index is 980. The monoisotopic (exact) mass is 415 g/mol. The van der Waals surface area contributed by atoms with E-state index in [9.17, 15) is 13.2 Å². The van der Waals surface area contributed by atoms with Crippen LogP contribution in [-0.4, -0.2) is 55.9 Å². The van der Waals surface area contributed by atoms with Crippen molar-refractivity contribution in [2.24, 2.45) is 0 Å². The van der Waals surface area contributed by atoms with Gasteiger partial charge in [-0.05, 0) is 24.1 Å². The zero-order chi connectivity index (χ0) is 20.4. The molecule has 2 amide bonds. The van der Waals surface area contributed by atoms with Gasteiger partial charge >= 0.3 is 6.03 Å². The third-order valence-electron chi connectivity index (χ3n) is 5.57. The summed E-state index contributed by atoms with van der Waals surface area (Å²) >= 11 is 0. The van der Waals surface area contributed by atoms with E-state index in [0.717, 1.165) is 5.56 Å². The van der Waals surface area contributed by atoms with E-state index in [0.29, 0.717) is 31.7 Å². The Labute approximate surface area is 171 Å². The zero-order valence-electron chi connectivity index (χ0n) is 16.3. The number of nitrogens with zero attached hydrogens (tertiary/aromatic N) is 2. The van der Waals surface area contributed by atoms with Gasteiger partial charge in [0.25, 0.3) is 0 Å². The van der Waals surface area contributed by atoms with Crippen molar-refractivity contribution in [2.45, 2.75) is 36.4 Å². The van der Waals surface area contributed by atoms with Crippen molar-refractivity contribution in [1.29, 1.82) is 0 Å². The van der Waals surface area contributed by atoms with E-state index in [4.69, 9.17) is 4.74 Å². The molecule has 8 heteroatoms. The van der Waals surface area contributed by atoms with Gasteiger partial charge in [-0.25, -0.2) is 13.2 Å². The molecule has 2 aliphatic heterocycles. The van der Waals surface area contributed by atoms with Gasteiger partial charge in [0.05, 0.1) is 6.04 Å². The fourth-order valence-corrected chi connectivity index (χ4v) is 5.87. The Morgan fingerprint density at radius 1 is 1.07 bits per heavy atom. The second-order valence-corrected chi connectivity index (χ2v) is 9.18. The van der Waals surface area contributed by atoms with Crippen LogP contribution in [0.2, 0.25) is 0 Å². The number of nitrogens with one attached hydrogen (secondary N) is 1. The largest absolute Gasteiger partial charge is 0.487 e. The highest BCUT2D eigenvalue weighted by atomic mass is 32.2. The number of hydrogen-bond acceptors (Lipinski definition) is 4. The molecule has 0 aromatic heterocycles. The predicted molar refractivity (Wildman–Crippen MR) is 109 cm³/mol. The Hall–Kier alpha value is -2.58. The van der Waals surface area contributed by atoms with E-state index in [1.54, 1.807) is 40.5 Å². The van der Waals surface area contributed by atoms with Gasteiger partial charge in [0.15, 0.2) is 0 Å². The second kappa shape index (κ2) is 8.04. The molecular weight excluding hydrogens is 390 g/mol. The average Bonchev–Trinajstić information content (AvgIpc) is 2.98. The number of rotatable bonds is 2.